The van der Waals surface area contributed by atoms with E-state index in [1.54, 1.807) is 24.3 Å². The van der Waals surface area contributed by atoms with Crippen molar-refractivity contribution < 1.29 is 24.1 Å². The van der Waals surface area contributed by atoms with Crippen molar-refractivity contribution in [2.45, 2.75) is 0 Å². The highest BCUT2D eigenvalue weighted by molar-refractivity contribution is 7.17. The zero-order chi connectivity index (χ0) is 19.4. The van der Waals surface area contributed by atoms with Crippen LogP contribution in [0.15, 0.2) is 53.6 Å². The molecule has 3 aromatic rings. The fraction of sp³-hybridized carbons (Fsp3) is 0.0526. The fourth-order valence-corrected chi connectivity index (χ4v) is 3.20. The molecule has 0 saturated heterocycles. The Morgan fingerprint density at radius 1 is 1.19 bits per heavy atom. The van der Waals surface area contributed by atoms with Crippen molar-refractivity contribution in [2.24, 2.45) is 5.10 Å². The molecule has 0 fully saturated rings. The molecule has 0 aliphatic rings. The van der Waals surface area contributed by atoms with Gasteiger partial charge in [0.2, 0.25) is 5.75 Å². The molecule has 1 aromatic heterocycles. The number of thiophene rings is 1. The van der Waals surface area contributed by atoms with Crippen molar-refractivity contribution in [2.75, 3.05) is 7.11 Å². The van der Waals surface area contributed by atoms with Gasteiger partial charge in [-0.2, -0.15) is 5.10 Å². The number of benzene rings is 2. The van der Waals surface area contributed by atoms with Crippen molar-refractivity contribution >= 4 is 23.5 Å². The highest BCUT2D eigenvalue weighted by Gasteiger charge is 2.11. The van der Waals surface area contributed by atoms with Gasteiger partial charge in [-0.15, -0.1) is 11.3 Å². The summed E-state index contributed by atoms with van der Waals surface area (Å²) in [7, 11) is 1.35. The third kappa shape index (κ3) is 4.24. The van der Waals surface area contributed by atoms with Gasteiger partial charge in [-0.3, -0.25) is 4.79 Å². The first kappa shape index (κ1) is 18.4. The summed E-state index contributed by atoms with van der Waals surface area (Å²) in [5, 5.41) is 23.1. The Morgan fingerprint density at radius 3 is 2.63 bits per heavy atom. The van der Waals surface area contributed by atoms with Crippen LogP contribution in [0.2, 0.25) is 0 Å². The van der Waals surface area contributed by atoms with Crippen LogP contribution in [0.3, 0.4) is 0 Å². The fourth-order valence-electron chi connectivity index (χ4n) is 2.29. The minimum Gasteiger partial charge on any atom is -0.504 e. The van der Waals surface area contributed by atoms with E-state index in [2.05, 4.69) is 10.5 Å². The Morgan fingerprint density at radius 2 is 1.93 bits per heavy atom. The molecule has 0 aliphatic carbocycles. The smallest absolute Gasteiger partial charge is 0.281 e. The van der Waals surface area contributed by atoms with E-state index in [0.717, 1.165) is 10.4 Å². The number of hydrogen-bond acceptors (Lipinski definition) is 6. The molecule has 27 heavy (non-hydrogen) atoms. The number of ether oxygens (including phenoxy) is 1. The number of nitrogens with zero attached hydrogens (tertiary/aromatic N) is 1. The first-order valence-corrected chi connectivity index (χ1v) is 8.58. The lowest BCUT2D eigenvalue weighted by Crippen LogP contribution is -2.16. The van der Waals surface area contributed by atoms with E-state index in [1.165, 1.54) is 48.9 Å². The van der Waals surface area contributed by atoms with Crippen LogP contribution in [0.4, 0.5) is 4.39 Å². The Balaban J connectivity index is 1.69. The van der Waals surface area contributed by atoms with Crippen LogP contribution < -0.4 is 10.2 Å². The van der Waals surface area contributed by atoms with Crippen molar-refractivity contribution in [3.05, 3.63) is 64.8 Å². The van der Waals surface area contributed by atoms with Crippen molar-refractivity contribution in [1.29, 1.82) is 0 Å². The average Bonchev–Trinajstić information content (AvgIpc) is 3.15. The number of methoxy groups -OCH3 is 1. The third-order valence-corrected chi connectivity index (χ3v) is 4.77. The average molecular weight is 386 g/mol. The number of carbonyl (C=O) groups excluding carboxylic acids is 1. The van der Waals surface area contributed by atoms with Gasteiger partial charge >= 0.3 is 0 Å². The van der Waals surface area contributed by atoms with Gasteiger partial charge in [-0.05, 0) is 42.0 Å². The summed E-state index contributed by atoms with van der Waals surface area (Å²) in [4.78, 5) is 13.5. The van der Waals surface area contributed by atoms with Gasteiger partial charge in [-0.25, -0.2) is 9.82 Å². The molecule has 6 nitrogen and oxygen atoms in total. The van der Waals surface area contributed by atoms with E-state index < -0.39 is 5.91 Å². The minimum absolute atomic E-state index is 0.0879. The summed E-state index contributed by atoms with van der Waals surface area (Å²) in [6, 6.07) is 12.2. The number of hydrazone groups is 1. The van der Waals surface area contributed by atoms with Crippen LogP contribution >= 0.6 is 11.3 Å². The molecule has 1 heterocycles. The number of hydrogen-bond donors (Lipinski definition) is 3. The van der Waals surface area contributed by atoms with Gasteiger partial charge in [0.1, 0.15) is 5.82 Å². The Kier molecular flexibility index (Phi) is 5.37. The maximum Gasteiger partial charge on any atom is 0.281 e. The Labute approximate surface area is 158 Å². The van der Waals surface area contributed by atoms with Crippen LogP contribution in [-0.2, 0) is 0 Å². The van der Waals surface area contributed by atoms with E-state index in [9.17, 15) is 19.4 Å². The monoisotopic (exact) mass is 386 g/mol. The predicted molar refractivity (Wildman–Crippen MR) is 101 cm³/mol. The summed E-state index contributed by atoms with van der Waals surface area (Å²) in [6.07, 6.45) is 1.31. The molecule has 0 bridgehead atoms. The van der Waals surface area contributed by atoms with Crippen LogP contribution in [-0.4, -0.2) is 29.4 Å². The molecule has 0 unspecified atom stereocenters. The largest absolute Gasteiger partial charge is 0.504 e. The molecule has 138 valence electrons. The van der Waals surface area contributed by atoms with Gasteiger partial charge in [0.25, 0.3) is 5.91 Å². The Hall–Kier alpha value is -3.39. The molecule has 0 atom stereocenters. The van der Waals surface area contributed by atoms with Gasteiger partial charge in [0.05, 0.1) is 18.2 Å². The first-order chi connectivity index (χ1) is 13.0. The standard InChI is InChI=1S/C19H15FN2O4S/c1-26-15-9-11(8-14(23)18(15)24)10-21-22-19(25)17-7-6-16(27-17)12-2-4-13(20)5-3-12/h2-10,23-24H,1H3,(H,22,25)/b21-10+. The van der Waals surface area contributed by atoms with Crippen molar-refractivity contribution in [1.82, 2.24) is 5.43 Å². The number of carbonyl (C=O) groups is 1. The topological polar surface area (TPSA) is 91.2 Å². The zero-order valence-corrected chi connectivity index (χ0v) is 15.0. The van der Waals surface area contributed by atoms with E-state index in [0.29, 0.717) is 10.4 Å². The van der Waals surface area contributed by atoms with Gasteiger partial charge < -0.3 is 14.9 Å². The minimum atomic E-state index is -0.403. The van der Waals surface area contributed by atoms with E-state index in [1.807, 2.05) is 0 Å². The summed E-state index contributed by atoms with van der Waals surface area (Å²) in [5.41, 5.74) is 3.64. The second-order valence-corrected chi connectivity index (χ2v) is 6.54. The van der Waals surface area contributed by atoms with Gasteiger partial charge in [0, 0.05) is 10.4 Å². The summed E-state index contributed by atoms with van der Waals surface area (Å²) in [6.45, 7) is 0. The highest BCUT2D eigenvalue weighted by atomic mass is 32.1. The quantitative estimate of drug-likeness (QED) is 0.354. The number of rotatable bonds is 5. The lowest BCUT2D eigenvalue weighted by Gasteiger charge is -2.06. The van der Waals surface area contributed by atoms with Crippen LogP contribution in [0, 0.1) is 5.82 Å². The number of phenolic OH excluding ortho intramolecular Hbond substituents is 2. The highest BCUT2D eigenvalue weighted by Crippen LogP contribution is 2.35. The number of nitrogens with one attached hydrogen (secondary N) is 1. The maximum absolute atomic E-state index is 13.0. The summed E-state index contributed by atoms with van der Waals surface area (Å²) >= 11 is 1.26. The third-order valence-electron chi connectivity index (χ3n) is 3.64. The predicted octanol–water partition coefficient (Wildman–Crippen LogP) is 3.74. The van der Waals surface area contributed by atoms with Crippen molar-refractivity contribution in [3.8, 4) is 27.7 Å². The summed E-state index contributed by atoms with van der Waals surface area (Å²) < 4.78 is 17.9. The first-order valence-electron chi connectivity index (χ1n) is 7.77. The lowest BCUT2D eigenvalue weighted by molar-refractivity contribution is 0.0959. The van der Waals surface area contributed by atoms with Crippen LogP contribution in [0.5, 0.6) is 17.2 Å². The normalized spacial score (nSPS) is 10.9. The SMILES string of the molecule is COc1cc(/C=N/NC(=O)c2ccc(-c3ccc(F)cc3)s2)cc(O)c1O. The maximum atomic E-state index is 13.0. The van der Waals surface area contributed by atoms with E-state index >= 15 is 0 Å². The molecule has 1 amide bonds. The summed E-state index contributed by atoms with van der Waals surface area (Å²) in [5.74, 6) is -1.36. The molecular formula is C19H15FN2O4S. The molecule has 3 rings (SSSR count). The number of phenols is 2. The van der Waals surface area contributed by atoms with E-state index in [-0.39, 0.29) is 23.1 Å². The zero-order valence-electron chi connectivity index (χ0n) is 14.1. The molecular weight excluding hydrogens is 371 g/mol. The second-order valence-electron chi connectivity index (χ2n) is 5.46. The van der Waals surface area contributed by atoms with Crippen LogP contribution in [0.1, 0.15) is 15.2 Å². The Bertz CT molecular complexity index is 999. The van der Waals surface area contributed by atoms with E-state index in [4.69, 9.17) is 4.74 Å². The second kappa shape index (κ2) is 7.88. The molecule has 0 aliphatic heterocycles. The van der Waals surface area contributed by atoms with Gasteiger partial charge in [0.15, 0.2) is 11.5 Å². The number of aromatic hydroxyl groups is 2. The van der Waals surface area contributed by atoms with Gasteiger partial charge in [-0.1, -0.05) is 12.1 Å². The molecule has 0 spiro atoms. The number of halogens is 1. The molecule has 2 aromatic carbocycles. The number of amides is 1. The molecule has 0 radical (unpaired) electrons. The molecule has 0 saturated carbocycles. The lowest BCUT2D eigenvalue weighted by atomic mass is 10.2. The van der Waals surface area contributed by atoms with Crippen molar-refractivity contribution in [3.63, 3.8) is 0 Å². The van der Waals surface area contributed by atoms with Crippen LogP contribution in [0.25, 0.3) is 10.4 Å². The molecule has 8 heteroatoms. The molecule has 3 N–H and O–H groups in total.